The molecule has 0 spiro atoms. The molecule has 0 bridgehead atoms. The molecule has 4 nitrogen and oxygen atoms in total. The number of aryl methyl sites for hydroxylation is 1. The Morgan fingerprint density at radius 1 is 1.22 bits per heavy atom. The van der Waals surface area contributed by atoms with Gasteiger partial charge in [0.25, 0.3) is 0 Å². The van der Waals surface area contributed by atoms with Crippen molar-refractivity contribution in [2.45, 2.75) is 26.7 Å². The second kappa shape index (κ2) is 7.48. The van der Waals surface area contributed by atoms with Gasteiger partial charge >= 0.3 is 11.9 Å². The lowest BCUT2D eigenvalue weighted by Crippen LogP contribution is -2.10. The molecule has 0 amide bonds. The molecule has 0 fully saturated rings. The first-order chi connectivity index (χ1) is 8.69. The highest BCUT2D eigenvalue weighted by atomic mass is 16.5. The summed E-state index contributed by atoms with van der Waals surface area (Å²) >= 11 is 0. The van der Waals surface area contributed by atoms with Crippen LogP contribution in [-0.2, 0) is 20.7 Å². The van der Waals surface area contributed by atoms with Gasteiger partial charge in [0.2, 0.25) is 0 Å². The Labute approximate surface area is 107 Å². The predicted molar refractivity (Wildman–Crippen MR) is 66.2 cm³/mol. The lowest BCUT2D eigenvalue weighted by molar-refractivity contribution is -0.143. The molecule has 1 radical (unpaired) electrons. The first kappa shape index (κ1) is 14.2. The molecule has 0 aromatic heterocycles. The Balaban J connectivity index is 2.70. The summed E-state index contributed by atoms with van der Waals surface area (Å²) in [6.07, 6.45) is 0.661. The van der Waals surface area contributed by atoms with E-state index in [0.29, 0.717) is 30.8 Å². The fourth-order valence-electron chi connectivity index (χ4n) is 1.54. The average molecular weight is 249 g/mol. The largest absolute Gasteiger partial charge is 0.466 e. The summed E-state index contributed by atoms with van der Waals surface area (Å²) < 4.78 is 9.79. The third-order valence-corrected chi connectivity index (χ3v) is 2.32. The molecule has 97 valence electrons. The molecule has 0 unspecified atom stereocenters. The minimum absolute atomic E-state index is 0.237. The number of hydrogen-bond acceptors (Lipinski definition) is 4. The van der Waals surface area contributed by atoms with Crippen molar-refractivity contribution in [3.63, 3.8) is 0 Å². The Hall–Kier alpha value is -1.84. The highest BCUT2D eigenvalue weighted by Crippen LogP contribution is 2.12. The van der Waals surface area contributed by atoms with E-state index in [1.807, 2.05) is 0 Å². The highest BCUT2D eigenvalue weighted by Gasteiger charge is 2.13. The predicted octanol–water partition coefficient (Wildman–Crippen LogP) is 2.16. The molecule has 0 aliphatic rings. The van der Waals surface area contributed by atoms with Crippen molar-refractivity contribution in [1.82, 2.24) is 0 Å². The summed E-state index contributed by atoms with van der Waals surface area (Å²) in [6, 6.07) is 8.07. The maximum atomic E-state index is 11.7. The maximum Gasteiger partial charge on any atom is 0.338 e. The maximum absolute atomic E-state index is 11.7. The molecule has 1 aromatic rings. The molecule has 18 heavy (non-hydrogen) atoms. The van der Waals surface area contributed by atoms with E-state index < -0.39 is 0 Å². The summed E-state index contributed by atoms with van der Waals surface area (Å²) in [6.45, 7) is 4.20. The van der Waals surface area contributed by atoms with Crippen molar-refractivity contribution in [3.05, 3.63) is 35.4 Å². The summed E-state index contributed by atoms with van der Waals surface area (Å²) in [7, 11) is 0. The number of hydrogen-bond donors (Lipinski definition) is 0. The molecule has 4 heteroatoms. The first-order valence-electron chi connectivity index (χ1n) is 6.01. The fraction of sp³-hybridized carbons (Fsp3) is 0.429. The molecule has 0 saturated heterocycles. The number of esters is 2. The number of rotatable bonds is 6. The number of ether oxygens (including phenoxy) is 2. The second-order valence-electron chi connectivity index (χ2n) is 3.59. The van der Waals surface area contributed by atoms with Gasteiger partial charge in [-0.1, -0.05) is 12.1 Å². The fourth-order valence-corrected chi connectivity index (χ4v) is 1.54. The van der Waals surface area contributed by atoms with Crippen LogP contribution in [0.4, 0.5) is 0 Å². The number of carbonyl (C=O) groups is 2. The van der Waals surface area contributed by atoms with E-state index in [2.05, 4.69) is 6.07 Å². The van der Waals surface area contributed by atoms with Crippen molar-refractivity contribution in [2.24, 2.45) is 0 Å². The topological polar surface area (TPSA) is 52.6 Å². The van der Waals surface area contributed by atoms with Crippen LogP contribution in [0.1, 0.15) is 36.2 Å². The average Bonchev–Trinajstić information content (AvgIpc) is 2.37. The zero-order chi connectivity index (χ0) is 13.4. The van der Waals surface area contributed by atoms with Crippen molar-refractivity contribution in [3.8, 4) is 0 Å². The standard InChI is InChI=1S/C14H17O4/c1-3-17-13(15)10-9-11-7-5-6-8-12(11)14(16)18-4-2/h5-6,8H,3-4,9-10H2,1-2H3. The van der Waals surface area contributed by atoms with Crippen LogP contribution >= 0.6 is 0 Å². The van der Waals surface area contributed by atoms with Crippen molar-refractivity contribution in [2.75, 3.05) is 13.2 Å². The van der Waals surface area contributed by atoms with E-state index >= 15 is 0 Å². The zero-order valence-electron chi connectivity index (χ0n) is 10.7. The van der Waals surface area contributed by atoms with Gasteiger partial charge in [0.1, 0.15) is 0 Å². The summed E-state index contributed by atoms with van der Waals surface area (Å²) in [5.74, 6) is -0.655. The van der Waals surface area contributed by atoms with Crippen LogP contribution in [0, 0.1) is 6.07 Å². The van der Waals surface area contributed by atoms with E-state index in [4.69, 9.17) is 9.47 Å². The minimum Gasteiger partial charge on any atom is -0.466 e. The van der Waals surface area contributed by atoms with Gasteiger partial charge in [0, 0.05) is 6.42 Å². The van der Waals surface area contributed by atoms with Crippen LogP contribution in [0.25, 0.3) is 0 Å². The SMILES string of the molecule is CCOC(=O)CCc1[c]cccc1C(=O)OCC. The van der Waals surface area contributed by atoms with Crippen molar-refractivity contribution in [1.29, 1.82) is 0 Å². The highest BCUT2D eigenvalue weighted by molar-refractivity contribution is 5.91. The van der Waals surface area contributed by atoms with E-state index in [9.17, 15) is 9.59 Å². The van der Waals surface area contributed by atoms with Gasteiger partial charge < -0.3 is 9.47 Å². The molecular formula is C14H17O4. The van der Waals surface area contributed by atoms with Crippen molar-refractivity contribution < 1.29 is 19.1 Å². The number of carbonyl (C=O) groups excluding carboxylic acids is 2. The first-order valence-corrected chi connectivity index (χ1v) is 6.01. The van der Waals surface area contributed by atoms with Crippen LogP contribution in [0.5, 0.6) is 0 Å². The van der Waals surface area contributed by atoms with E-state index in [1.165, 1.54) is 0 Å². The lowest BCUT2D eigenvalue weighted by Gasteiger charge is -2.08. The quantitative estimate of drug-likeness (QED) is 0.725. The van der Waals surface area contributed by atoms with Gasteiger partial charge in [-0.05, 0) is 38.0 Å². The van der Waals surface area contributed by atoms with E-state index in [1.54, 1.807) is 32.0 Å². The van der Waals surface area contributed by atoms with Crippen LogP contribution in [-0.4, -0.2) is 25.2 Å². The number of benzene rings is 1. The second-order valence-corrected chi connectivity index (χ2v) is 3.59. The van der Waals surface area contributed by atoms with Gasteiger partial charge in [-0.25, -0.2) is 4.79 Å². The summed E-state index contributed by atoms with van der Waals surface area (Å²) in [4.78, 5) is 22.9. The van der Waals surface area contributed by atoms with Crippen LogP contribution in [0.3, 0.4) is 0 Å². The molecule has 1 rings (SSSR count). The molecule has 1 aromatic carbocycles. The van der Waals surface area contributed by atoms with Gasteiger partial charge in [-0.3, -0.25) is 4.79 Å². The van der Waals surface area contributed by atoms with Gasteiger partial charge in [0.05, 0.1) is 18.8 Å². The summed E-state index contributed by atoms with van der Waals surface area (Å²) in [5, 5.41) is 0. The minimum atomic E-state index is -0.381. The van der Waals surface area contributed by atoms with Gasteiger partial charge in [-0.15, -0.1) is 0 Å². The molecule has 0 heterocycles. The normalized spacial score (nSPS) is 9.89. The molecule has 0 atom stereocenters. The Kier molecular flexibility index (Phi) is 5.91. The monoisotopic (exact) mass is 249 g/mol. The Morgan fingerprint density at radius 2 is 1.94 bits per heavy atom. The Morgan fingerprint density at radius 3 is 2.61 bits per heavy atom. The van der Waals surface area contributed by atoms with Crippen LogP contribution in [0.2, 0.25) is 0 Å². The van der Waals surface area contributed by atoms with Gasteiger partial charge in [-0.2, -0.15) is 0 Å². The molecule has 0 aliphatic heterocycles. The Bertz CT molecular complexity index is 412. The zero-order valence-corrected chi connectivity index (χ0v) is 10.7. The van der Waals surface area contributed by atoms with Gasteiger partial charge in [0.15, 0.2) is 0 Å². The van der Waals surface area contributed by atoms with E-state index in [-0.39, 0.29) is 18.4 Å². The van der Waals surface area contributed by atoms with Crippen LogP contribution in [0.15, 0.2) is 18.2 Å². The van der Waals surface area contributed by atoms with Crippen molar-refractivity contribution >= 4 is 11.9 Å². The third-order valence-electron chi connectivity index (χ3n) is 2.32. The third kappa shape index (κ3) is 4.20. The molecule has 0 saturated carbocycles. The van der Waals surface area contributed by atoms with E-state index in [0.717, 1.165) is 0 Å². The molecule has 0 N–H and O–H groups in total. The molecular weight excluding hydrogens is 232 g/mol. The van der Waals surface area contributed by atoms with Crippen LogP contribution < -0.4 is 0 Å². The smallest absolute Gasteiger partial charge is 0.338 e. The lowest BCUT2D eigenvalue weighted by atomic mass is 10.0. The summed E-state index contributed by atoms with van der Waals surface area (Å²) in [5.41, 5.74) is 1.15. The molecule has 0 aliphatic carbocycles.